The summed E-state index contributed by atoms with van der Waals surface area (Å²) in [6.45, 7) is 15.6. The molecule has 2 aromatic carbocycles. The number of aromatic nitrogens is 3. The third-order valence-electron chi connectivity index (χ3n) is 11.1. The van der Waals surface area contributed by atoms with E-state index in [1.807, 2.05) is 45.0 Å². The van der Waals surface area contributed by atoms with Gasteiger partial charge in [0.2, 0.25) is 5.91 Å². The van der Waals surface area contributed by atoms with Gasteiger partial charge < -0.3 is 31.1 Å². The number of phenolic OH excluding ortho intramolecular Hbond substituents is 1. The summed E-state index contributed by atoms with van der Waals surface area (Å²) in [6, 6.07) is 10.9. The van der Waals surface area contributed by atoms with Crippen molar-refractivity contribution in [2.45, 2.75) is 84.9 Å². The topological polar surface area (TPSA) is 158 Å². The number of aliphatic hydroxyl groups is 1. The van der Waals surface area contributed by atoms with Crippen LogP contribution in [-0.4, -0.2) is 73.8 Å². The monoisotopic (exact) mass is 787 g/mol. The van der Waals surface area contributed by atoms with Crippen molar-refractivity contribution in [2.24, 2.45) is 17.3 Å². The second-order valence-corrected chi connectivity index (χ2v) is 17.1. The molecule has 4 aromatic rings. The van der Waals surface area contributed by atoms with Crippen molar-refractivity contribution in [3.05, 3.63) is 83.1 Å². The number of nitrogens with zero attached hydrogens (tertiary/aromatic N) is 5. The van der Waals surface area contributed by atoms with E-state index in [9.17, 15) is 28.6 Å². The molecule has 5 N–H and O–H groups in total. The Bertz CT molecular complexity index is 2080. The van der Waals surface area contributed by atoms with E-state index in [1.54, 1.807) is 22.3 Å². The van der Waals surface area contributed by atoms with Gasteiger partial charge in [-0.3, -0.25) is 9.59 Å². The third-order valence-corrected chi connectivity index (χ3v) is 12.1. The van der Waals surface area contributed by atoms with Crippen LogP contribution in [0.25, 0.3) is 21.7 Å². The predicted octanol–water partition coefficient (Wildman–Crippen LogP) is 7.20. The molecule has 2 saturated heterocycles. The number of nitrogens with one attached hydrogen (secondary N) is 1. The quantitative estimate of drug-likeness (QED) is 0.116. The number of Topliss-reactive ketones (excluding diaryl/α,β-unsaturated/α-hetero) is 1. The zero-order chi connectivity index (χ0) is 40.5. The Morgan fingerprint density at radius 3 is 2.41 bits per heavy atom. The van der Waals surface area contributed by atoms with Crippen LogP contribution < -0.4 is 16.0 Å². The predicted molar refractivity (Wildman–Crippen MR) is 215 cm³/mol. The molecule has 298 valence electrons. The van der Waals surface area contributed by atoms with Crippen LogP contribution in [-0.2, 0) is 9.59 Å². The van der Waals surface area contributed by atoms with Gasteiger partial charge in [0.25, 0.3) is 0 Å². The molecule has 0 bridgehead atoms. The number of rotatable bonds is 12. The molecule has 14 heteroatoms. The number of β-amino-alcohol motifs (C(OH)–C–C–N with tert-alkyl or cyclic N) is 1. The summed E-state index contributed by atoms with van der Waals surface area (Å²) in [5.41, 5.74) is 12.0. The molecule has 0 aliphatic carbocycles. The van der Waals surface area contributed by atoms with E-state index in [4.69, 9.17) is 5.73 Å². The minimum atomic E-state index is -1.17. The molecule has 0 unspecified atom stereocenters. The fraction of sp³-hybridized carbons (Fsp3) is 0.452. The molecular formula is C42H51F2N7O4S. The van der Waals surface area contributed by atoms with Gasteiger partial charge in [-0.05, 0) is 61.3 Å². The minimum absolute atomic E-state index is 0.00450. The van der Waals surface area contributed by atoms with E-state index < -0.39 is 40.9 Å². The summed E-state index contributed by atoms with van der Waals surface area (Å²) in [4.78, 5) is 37.2. The van der Waals surface area contributed by atoms with Crippen molar-refractivity contribution in [3.63, 3.8) is 0 Å². The van der Waals surface area contributed by atoms with E-state index in [2.05, 4.69) is 51.3 Å². The highest BCUT2D eigenvalue weighted by molar-refractivity contribution is 7.13. The molecule has 6 rings (SSSR count). The van der Waals surface area contributed by atoms with Gasteiger partial charge in [-0.25, -0.2) is 13.8 Å². The number of carbonyl (C=O) groups is 2. The van der Waals surface area contributed by atoms with Gasteiger partial charge in [0, 0.05) is 68.2 Å². The highest BCUT2D eigenvalue weighted by Crippen LogP contribution is 2.38. The van der Waals surface area contributed by atoms with Gasteiger partial charge in [0.05, 0.1) is 39.6 Å². The van der Waals surface area contributed by atoms with Gasteiger partial charge in [-0.1, -0.05) is 51.6 Å². The van der Waals surface area contributed by atoms with Gasteiger partial charge in [0.15, 0.2) is 17.5 Å². The van der Waals surface area contributed by atoms with E-state index >= 15 is 0 Å². The number of hydrogen-bond acceptors (Lipinski definition) is 11. The number of aryl methyl sites for hydroxylation is 1. The van der Waals surface area contributed by atoms with Crippen molar-refractivity contribution in [1.82, 2.24) is 25.4 Å². The highest BCUT2D eigenvalue weighted by atomic mass is 32.1. The largest absolute Gasteiger partial charge is 0.507 e. The summed E-state index contributed by atoms with van der Waals surface area (Å²) in [7, 11) is 0. The molecule has 0 spiro atoms. The number of halogens is 2. The maximum atomic E-state index is 14.3. The molecule has 56 heavy (non-hydrogen) atoms. The Labute approximate surface area is 330 Å². The summed E-state index contributed by atoms with van der Waals surface area (Å²) in [6.07, 6.45) is 1.44. The fourth-order valence-corrected chi connectivity index (χ4v) is 8.65. The Kier molecular flexibility index (Phi) is 12.1. The zero-order valence-corrected chi connectivity index (χ0v) is 33.4. The van der Waals surface area contributed by atoms with E-state index in [-0.39, 0.29) is 53.7 Å². The van der Waals surface area contributed by atoms with Crippen LogP contribution in [0.3, 0.4) is 0 Å². The van der Waals surface area contributed by atoms with Crippen LogP contribution in [0.15, 0.2) is 60.3 Å². The van der Waals surface area contributed by atoms with E-state index in [0.29, 0.717) is 56.2 Å². The lowest BCUT2D eigenvalue weighted by atomic mass is 9.75. The number of phenols is 1. The molecule has 0 saturated carbocycles. The van der Waals surface area contributed by atoms with Gasteiger partial charge in [0.1, 0.15) is 11.5 Å². The number of nitrogen functional groups attached to an aromatic ring is 1. The van der Waals surface area contributed by atoms with E-state index in [0.717, 1.165) is 27.8 Å². The van der Waals surface area contributed by atoms with Crippen molar-refractivity contribution in [1.29, 1.82) is 0 Å². The molecule has 2 fully saturated rings. The second kappa shape index (κ2) is 16.6. The first-order valence-corrected chi connectivity index (χ1v) is 19.9. The number of hydrogen-bond donors (Lipinski definition) is 4. The van der Waals surface area contributed by atoms with Gasteiger partial charge in [-0.15, -0.1) is 21.5 Å². The fourth-order valence-electron chi connectivity index (χ4n) is 7.84. The zero-order valence-electron chi connectivity index (χ0n) is 32.6. The van der Waals surface area contributed by atoms with Crippen molar-refractivity contribution >= 4 is 34.5 Å². The number of piperidine rings is 1. The maximum Gasteiger partial charge on any atom is 0.227 e. The molecule has 4 atom stereocenters. The minimum Gasteiger partial charge on any atom is -0.507 e. The summed E-state index contributed by atoms with van der Waals surface area (Å²) >= 11 is 1.61. The van der Waals surface area contributed by atoms with Gasteiger partial charge in [-0.2, -0.15) is 0 Å². The van der Waals surface area contributed by atoms with Crippen LogP contribution in [0.1, 0.15) is 77.1 Å². The van der Waals surface area contributed by atoms with Crippen LogP contribution in [0.2, 0.25) is 0 Å². The summed E-state index contributed by atoms with van der Waals surface area (Å²) < 4.78 is 27.6. The number of aliphatic hydroxyl groups excluding tert-OH is 1. The van der Waals surface area contributed by atoms with Crippen LogP contribution in [0.4, 0.5) is 20.3 Å². The van der Waals surface area contributed by atoms with Crippen LogP contribution in [0.5, 0.6) is 5.75 Å². The molecule has 2 aliphatic rings. The molecule has 0 radical (unpaired) electrons. The Morgan fingerprint density at radius 1 is 1.09 bits per heavy atom. The number of ketones is 1. The Morgan fingerprint density at radius 2 is 1.77 bits per heavy atom. The molecule has 2 aliphatic heterocycles. The van der Waals surface area contributed by atoms with Crippen molar-refractivity contribution in [2.75, 3.05) is 30.3 Å². The van der Waals surface area contributed by atoms with Crippen LogP contribution >= 0.6 is 11.3 Å². The maximum absolute atomic E-state index is 14.3. The first kappa shape index (κ1) is 40.7. The number of thiazole rings is 1. The number of carbonyl (C=O) groups excluding carboxylic acids is 2. The third kappa shape index (κ3) is 9.02. The Hall–Kier alpha value is -4.95. The van der Waals surface area contributed by atoms with Gasteiger partial charge >= 0.3 is 0 Å². The lowest BCUT2D eigenvalue weighted by Gasteiger charge is -2.37. The number of aromatic hydroxyl groups is 1. The van der Waals surface area contributed by atoms with Crippen molar-refractivity contribution in [3.8, 4) is 27.4 Å². The standard InChI is InChI=1S/C42H51F2N7O4S/c1-23(27-7-9-28(10-8-27)39-25(3)46-22-56-39)47-24(2)36-17-30(53)21-51(36)41(55)32(42(4,5)6)16-29(52)15-26-11-13-50(14-12-26)37-20-35(48-49-40(37)45)31-18-33(43)34(44)19-38(31)54/h7-10,18-20,22-23,26,30,32,36,47,53-54H,2,11-17,21H2,1,3-6H3,(H2,45,49)/t23-,30+,32+,36-/m0/s1. The summed E-state index contributed by atoms with van der Waals surface area (Å²) in [5.74, 6) is -3.25. The lowest BCUT2D eigenvalue weighted by Crippen LogP contribution is -2.47. The van der Waals surface area contributed by atoms with Crippen LogP contribution in [0, 0.1) is 35.8 Å². The number of likely N-dealkylation sites (tertiary alicyclic amines) is 1. The average Bonchev–Trinajstić information content (AvgIpc) is 3.77. The molecule has 1 amide bonds. The Balaban J connectivity index is 1.06. The molecule has 11 nitrogen and oxygen atoms in total. The smallest absolute Gasteiger partial charge is 0.227 e. The number of nitrogens with two attached hydrogens (primary N) is 1. The molecule has 2 aromatic heterocycles. The lowest BCUT2D eigenvalue weighted by molar-refractivity contribution is -0.142. The normalized spacial score (nSPS) is 18.9. The number of amides is 1. The van der Waals surface area contributed by atoms with Crippen molar-refractivity contribution < 1.29 is 28.6 Å². The molecule has 4 heterocycles. The average molecular weight is 788 g/mol. The first-order valence-electron chi connectivity index (χ1n) is 19.0. The van der Waals surface area contributed by atoms with E-state index in [1.165, 1.54) is 0 Å². The first-order chi connectivity index (χ1) is 26.5. The number of anilines is 2. The molecular weight excluding hydrogens is 737 g/mol. The number of benzene rings is 2. The second-order valence-electron chi connectivity index (χ2n) is 16.3. The SMILES string of the molecule is C=C(N[C@@H](C)c1ccc(-c2scnc2C)cc1)[C@@H]1C[C@@H](O)CN1C(=O)[C@@H](CC(=O)CC1CCN(c2cc(-c3cc(F)c(F)cc3O)nnc2N)CC1)C(C)(C)C. The highest BCUT2D eigenvalue weighted by Gasteiger charge is 2.43. The summed E-state index contributed by atoms with van der Waals surface area (Å²) in [5, 5.41) is 32.5.